The second-order valence-corrected chi connectivity index (χ2v) is 7.71. The van der Waals surface area contributed by atoms with E-state index in [9.17, 15) is 13.2 Å². The van der Waals surface area contributed by atoms with Crippen molar-refractivity contribution in [2.45, 2.75) is 18.4 Å². The zero-order chi connectivity index (χ0) is 17.9. The molecule has 2 N–H and O–H groups in total. The Morgan fingerprint density at radius 2 is 1.96 bits per heavy atom. The fraction of sp³-hybridized carbons (Fsp3) is 0.133. The van der Waals surface area contributed by atoms with Crippen molar-refractivity contribution in [3.05, 3.63) is 53.2 Å². The molecule has 2 heterocycles. The van der Waals surface area contributed by atoms with Crippen molar-refractivity contribution in [3.63, 3.8) is 0 Å². The summed E-state index contributed by atoms with van der Waals surface area (Å²) < 4.78 is 31.5. The number of nitrogens with zero attached hydrogens (tertiary/aromatic N) is 2. The van der Waals surface area contributed by atoms with Gasteiger partial charge in [-0.15, -0.1) is 21.5 Å². The number of thiophene rings is 1. The van der Waals surface area contributed by atoms with Crippen LogP contribution in [0.15, 0.2) is 51.1 Å². The van der Waals surface area contributed by atoms with Crippen LogP contribution in [0.3, 0.4) is 0 Å². The largest absolute Gasteiger partial charge is 0.418 e. The van der Waals surface area contributed by atoms with E-state index in [0.29, 0.717) is 5.89 Å². The summed E-state index contributed by atoms with van der Waals surface area (Å²) in [7, 11) is -3.94. The van der Waals surface area contributed by atoms with Gasteiger partial charge in [0, 0.05) is 0 Å². The molecule has 1 aromatic carbocycles. The van der Waals surface area contributed by atoms with Gasteiger partial charge in [0.05, 0.1) is 16.3 Å². The minimum absolute atomic E-state index is 0.00558. The minimum Gasteiger partial charge on any atom is -0.418 e. The average molecular weight is 378 g/mol. The van der Waals surface area contributed by atoms with Crippen molar-refractivity contribution in [3.8, 4) is 10.8 Å². The van der Waals surface area contributed by atoms with Crippen molar-refractivity contribution in [2.24, 2.45) is 0 Å². The van der Waals surface area contributed by atoms with Gasteiger partial charge in [0.1, 0.15) is 0 Å². The number of aryl methyl sites for hydroxylation is 1. The van der Waals surface area contributed by atoms with E-state index in [1.165, 1.54) is 23.5 Å². The third kappa shape index (κ3) is 4.22. The standard InChI is InChI=1S/C15H14N4O4S2/c1-10-4-6-11(7-5-10)25(21,22)19-15(20)16-9-13-17-18-14(23-13)12-3-2-8-24-12/h2-8H,9H2,1H3,(H2,16,19,20). The van der Waals surface area contributed by atoms with Crippen LogP contribution in [0, 0.1) is 6.92 Å². The highest BCUT2D eigenvalue weighted by Crippen LogP contribution is 2.22. The number of benzene rings is 1. The van der Waals surface area contributed by atoms with Crippen molar-refractivity contribution < 1.29 is 17.6 Å². The lowest BCUT2D eigenvalue weighted by atomic mass is 10.2. The molecular formula is C15H14N4O4S2. The summed E-state index contributed by atoms with van der Waals surface area (Å²) >= 11 is 1.44. The maximum absolute atomic E-state index is 12.1. The zero-order valence-electron chi connectivity index (χ0n) is 13.1. The van der Waals surface area contributed by atoms with Crippen LogP contribution < -0.4 is 10.0 Å². The van der Waals surface area contributed by atoms with E-state index in [4.69, 9.17) is 4.42 Å². The quantitative estimate of drug-likeness (QED) is 0.704. The van der Waals surface area contributed by atoms with Gasteiger partial charge in [0.2, 0.25) is 5.89 Å². The van der Waals surface area contributed by atoms with E-state index >= 15 is 0 Å². The lowest BCUT2D eigenvalue weighted by molar-refractivity contribution is 0.244. The number of carbonyl (C=O) groups excluding carboxylic acids is 1. The molecule has 10 heteroatoms. The summed E-state index contributed by atoms with van der Waals surface area (Å²) in [6.45, 7) is 1.75. The van der Waals surface area contributed by atoms with Crippen LogP contribution in [0.4, 0.5) is 4.79 Å². The Hall–Kier alpha value is -2.72. The van der Waals surface area contributed by atoms with Gasteiger partial charge in [-0.3, -0.25) is 0 Å². The molecule has 0 fully saturated rings. The number of sulfonamides is 1. The molecule has 0 aliphatic heterocycles. The highest BCUT2D eigenvalue weighted by atomic mass is 32.2. The number of urea groups is 1. The molecule has 0 aliphatic rings. The maximum atomic E-state index is 12.1. The van der Waals surface area contributed by atoms with E-state index in [0.717, 1.165) is 10.4 Å². The van der Waals surface area contributed by atoms with Gasteiger partial charge in [-0.25, -0.2) is 17.9 Å². The number of aromatic nitrogens is 2. The van der Waals surface area contributed by atoms with E-state index in [2.05, 4.69) is 15.5 Å². The number of hydrogen-bond donors (Lipinski definition) is 2. The fourth-order valence-electron chi connectivity index (χ4n) is 1.92. The van der Waals surface area contributed by atoms with Gasteiger partial charge in [0.15, 0.2) is 0 Å². The van der Waals surface area contributed by atoms with E-state index in [1.807, 2.05) is 29.2 Å². The molecule has 0 bridgehead atoms. The molecular weight excluding hydrogens is 364 g/mol. The first kappa shape index (κ1) is 17.1. The summed E-state index contributed by atoms with van der Waals surface area (Å²) in [5, 5.41) is 11.9. The molecule has 3 aromatic rings. The van der Waals surface area contributed by atoms with Gasteiger partial charge in [-0.05, 0) is 30.5 Å². The number of hydrogen-bond acceptors (Lipinski definition) is 7. The third-order valence-electron chi connectivity index (χ3n) is 3.16. The van der Waals surface area contributed by atoms with Crippen LogP contribution in [0.25, 0.3) is 10.8 Å². The second-order valence-electron chi connectivity index (χ2n) is 5.08. The first-order valence-electron chi connectivity index (χ1n) is 7.17. The van der Waals surface area contributed by atoms with Crippen LogP contribution in [0.5, 0.6) is 0 Å². The number of carbonyl (C=O) groups is 1. The first-order chi connectivity index (χ1) is 11.9. The molecule has 0 radical (unpaired) electrons. The van der Waals surface area contributed by atoms with Crippen molar-refractivity contribution >= 4 is 27.4 Å². The molecule has 0 saturated heterocycles. The highest BCUT2D eigenvalue weighted by molar-refractivity contribution is 7.90. The molecule has 130 valence electrons. The van der Waals surface area contributed by atoms with E-state index < -0.39 is 16.1 Å². The second kappa shape index (κ2) is 7.03. The SMILES string of the molecule is Cc1ccc(S(=O)(=O)NC(=O)NCc2nnc(-c3cccs3)o2)cc1. The smallest absolute Gasteiger partial charge is 0.329 e. The van der Waals surface area contributed by atoms with Crippen molar-refractivity contribution in [1.29, 1.82) is 0 Å². The average Bonchev–Trinajstić information content (AvgIpc) is 3.24. The Bertz CT molecular complexity index is 963. The summed E-state index contributed by atoms with van der Waals surface area (Å²) in [4.78, 5) is 12.6. The van der Waals surface area contributed by atoms with Gasteiger partial charge in [-0.2, -0.15) is 0 Å². The molecule has 0 atom stereocenters. The van der Waals surface area contributed by atoms with Crippen LogP contribution in [0.2, 0.25) is 0 Å². The Balaban J connectivity index is 1.58. The highest BCUT2D eigenvalue weighted by Gasteiger charge is 2.18. The van der Waals surface area contributed by atoms with Gasteiger partial charge >= 0.3 is 6.03 Å². The zero-order valence-corrected chi connectivity index (χ0v) is 14.7. The van der Waals surface area contributed by atoms with E-state index in [1.54, 1.807) is 12.1 Å². The summed E-state index contributed by atoms with van der Waals surface area (Å²) in [5.41, 5.74) is 0.918. The molecule has 0 unspecified atom stereocenters. The molecule has 0 spiro atoms. The van der Waals surface area contributed by atoms with Crippen molar-refractivity contribution in [2.75, 3.05) is 0 Å². The van der Waals surface area contributed by atoms with Crippen LogP contribution in [0.1, 0.15) is 11.5 Å². The molecule has 2 amide bonds. The first-order valence-corrected chi connectivity index (χ1v) is 9.54. The Labute approximate surface area is 148 Å². The Morgan fingerprint density at radius 1 is 1.20 bits per heavy atom. The van der Waals surface area contributed by atoms with Gasteiger partial charge < -0.3 is 9.73 Å². The predicted molar refractivity (Wildman–Crippen MR) is 91.3 cm³/mol. The third-order valence-corrected chi connectivity index (χ3v) is 5.36. The lowest BCUT2D eigenvalue weighted by Gasteiger charge is -2.07. The number of nitrogens with one attached hydrogen (secondary N) is 2. The van der Waals surface area contributed by atoms with E-state index in [-0.39, 0.29) is 17.3 Å². The van der Waals surface area contributed by atoms with Crippen LogP contribution in [-0.2, 0) is 16.6 Å². The van der Waals surface area contributed by atoms with Gasteiger partial charge in [-0.1, -0.05) is 23.8 Å². The molecule has 25 heavy (non-hydrogen) atoms. The molecule has 2 aromatic heterocycles. The van der Waals surface area contributed by atoms with Crippen LogP contribution >= 0.6 is 11.3 Å². The maximum Gasteiger partial charge on any atom is 0.329 e. The van der Waals surface area contributed by atoms with Gasteiger partial charge in [0.25, 0.3) is 15.9 Å². The molecule has 0 aliphatic carbocycles. The number of rotatable bonds is 5. The predicted octanol–water partition coefficient (Wildman–Crippen LogP) is 2.29. The number of amides is 2. The summed E-state index contributed by atoms with van der Waals surface area (Å²) in [6.07, 6.45) is 0. The topological polar surface area (TPSA) is 114 Å². The summed E-state index contributed by atoms with van der Waals surface area (Å²) in [5.74, 6) is 0.519. The summed E-state index contributed by atoms with van der Waals surface area (Å²) in [6, 6.07) is 8.96. The Kier molecular flexibility index (Phi) is 4.81. The molecule has 0 saturated carbocycles. The minimum atomic E-state index is -3.94. The fourth-order valence-corrected chi connectivity index (χ4v) is 3.49. The Morgan fingerprint density at radius 3 is 2.64 bits per heavy atom. The lowest BCUT2D eigenvalue weighted by Crippen LogP contribution is -2.39. The molecule has 8 nitrogen and oxygen atoms in total. The normalized spacial score (nSPS) is 11.2. The monoisotopic (exact) mass is 378 g/mol. The van der Waals surface area contributed by atoms with Crippen LogP contribution in [-0.4, -0.2) is 24.6 Å². The van der Waals surface area contributed by atoms with Crippen molar-refractivity contribution in [1.82, 2.24) is 20.2 Å². The molecule has 3 rings (SSSR count).